The van der Waals surface area contributed by atoms with Crippen LogP contribution < -0.4 is 20.1 Å². The zero-order valence-corrected chi connectivity index (χ0v) is 22.7. The normalized spacial score (nSPS) is 15.2. The molecular weight excluding hydrogens is 468 g/mol. The van der Waals surface area contributed by atoms with Crippen LogP contribution in [0.5, 0.6) is 11.5 Å². The number of nitrogens with zero attached hydrogens (tertiary/aromatic N) is 1. The van der Waals surface area contributed by atoms with Crippen molar-refractivity contribution in [2.75, 3.05) is 32.6 Å². The van der Waals surface area contributed by atoms with E-state index in [1.54, 1.807) is 25.1 Å². The van der Waals surface area contributed by atoms with Crippen LogP contribution in [0.25, 0.3) is 0 Å². The second-order valence-electron chi connectivity index (χ2n) is 10.8. The molecule has 3 N–H and O–H groups in total. The average Bonchev–Trinajstić information content (AvgIpc) is 3.13. The molecule has 0 bridgehead atoms. The number of ether oxygens (including phenoxy) is 2. The van der Waals surface area contributed by atoms with Gasteiger partial charge in [-0.15, -0.1) is 0 Å². The molecule has 1 amide bonds. The van der Waals surface area contributed by atoms with Crippen LogP contribution in [0.4, 0.5) is 5.69 Å². The second kappa shape index (κ2) is 10.4. The molecule has 1 saturated carbocycles. The number of ketones is 1. The van der Waals surface area contributed by atoms with Gasteiger partial charge in [-0.05, 0) is 61.4 Å². The maximum Gasteiger partial charge on any atom is 0.254 e. The highest BCUT2D eigenvalue weighted by atomic mass is 16.5. The number of amides is 1. The van der Waals surface area contributed by atoms with Crippen LogP contribution in [-0.2, 0) is 12.0 Å². The quantitative estimate of drug-likeness (QED) is 0.425. The summed E-state index contributed by atoms with van der Waals surface area (Å²) in [6.45, 7) is 9.09. The molecule has 0 radical (unpaired) electrons. The van der Waals surface area contributed by atoms with E-state index in [1.807, 2.05) is 25.1 Å². The van der Waals surface area contributed by atoms with Gasteiger partial charge in [0.25, 0.3) is 5.91 Å². The summed E-state index contributed by atoms with van der Waals surface area (Å²) >= 11 is 0. The summed E-state index contributed by atoms with van der Waals surface area (Å²) in [5, 5.41) is 15.0. The molecule has 1 aliphatic heterocycles. The number of benzene rings is 2. The average molecular weight is 507 g/mol. The van der Waals surface area contributed by atoms with Gasteiger partial charge in [0, 0.05) is 36.3 Å². The highest BCUT2D eigenvalue weighted by Gasteiger charge is 2.31. The molecule has 1 fully saturated rings. The van der Waals surface area contributed by atoms with Gasteiger partial charge in [0.05, 0.1) is 31.5 Å². The summed E-state index contributed by atoms with van der Waals surface area (Å²) < 4.78 is 11.5. The summed E-state index contributed by atoms with van der Waals surface area (Å²) in [6.07, 6.45) is 3.42. The van der Waals surface area contributed by atoms with Crippen LogP contribution in [0.3, 0.4) is 0 Å². The Morgan fingerprint density at radius 2 is 1.89 bits per heavy atom. The molecule has 2 aliphatic rings. The Morgan fingerprint density at radius 3 is 2.46 bits per heavy atom. The van der Waals surface area contributed by atoms with Gasteiger partial charge in [-0.2, -0.15) is 0 Å². The molecule has 2 aromatic rings. The number of fused-ring (bicyclic) bond motifs is 1. The first-order chi connectivity index (χ1) is 17.6. The summed E-state index contributed by atoms with van der Waals surface area (Å²) in [5.41, 5.74) is 4.09. The Balaban J connectivity index is 1.63. The van der Waals surface area contributed by atoms with Crippen molar-refractivity contribution < 1.29 is 19.1 Å². The number of anilines is 1. The lowest BCUT2D eigenvalue weighted by Crippen LogP contribution is -2.31. The smallest absolute Gasteiger partial charge is 0.254 e. The molecule has 1 heterocycles. The number of hydrogen-bond acceptors (Lipinski definition) is 6. The third-order valence-corrected chi connectivity index (χ3v) is 7.13. The van der Waals surface area contributed by atoms with E-state index in [2.05, 4.69) is 31.4 Å². The van der Waals surface area contributed by atoms with E-state index >= 15 is 0 Å². The number of hydrogen-bond donors (Lipinski definition) is 3. The molecular formula is C29H38N4O4. The summed E-state index contributed by atoms with van der Waals surface area (Å²) in [5.74, 6) is 1.15. The molecule has 0 spiro atoms. The lowest BCUT2D eigenvalue weighted by molar-refractivity contribution is 0.0953. The van der Waals surface area contributed by atoms with E-state index in [1.165, 1.54) is 6.42 Å². The zero-order valence-electron chi connectivity index (χ0n) is 22.7. The molecule has 2 aromatic carbocycles. The number of Topliss-reactive ketones (excluding diaryl/α,β-unsaturated/α-hetero) is 1. The van der Waals surface area contributed by atoms with Crippen molar-refractivity contribution in [1.29, 1.82) is 5.41 Å². The Bertz CT molecular complexity index is 1230. The van der Waals surface area contributed by atoms with Crippen molar-refractivity contribution in [2.24, 2.45) is 0 Å². The molecule has 4 rings (SSSR count). The molecule has 0 aromatic heterocycles. The minimum Gasteiger partial charge on any atom is -0.494 e. The lowest BCUT2D eigenvalue weighted by atomic mass is 9.84. The van der Waals surface area contributed by atoms with Crippen molar-refractivity contribution in [2.45, 2.75) is 65.0 Å². The van der Waals surface area contributed by atoms with Gasteiger partial charge in [-0.3, -0.25) is 15.0 Å². The topological polar surface area (TPSA) is 104 Å². The Hall–Kier alpha value is -3.55. The maximum absolute atomic E-state index is 13.6. The van der Waals surface area contributed by atoms with Crippen LogP contribution in [0, 0.1) is 5.41 Å². The number of nitrogens with one attached hydrogen (secondary N) is 3. The first-order valence-electron chi connectivity index (χ1n) is 12.9. The van der Waals surface area contributed by atoms with Crippen molar-refractivity contribution >= 4 is 23.2 Å². The number of rotatable bonds is 9. The molecule has 8 heteroatoms. The Kier molecular flexibility index (Phi) is 7.48. The maximum atomic E-state index is 13.6. The predicted molar refractivity (Wildman–Crippen MR) is 146 cm³/mol. The molecule has 0 unspecified atom stereocenters. The van der Waals surface area contributed by atoms with Gasteiger partial charge in [-0.1, -0.05) is 20.8 Å². The van der Waals surface area contributed by atoms with Crippen molar-refractivity contribution in [3.05, 3.63) is 52.1 Å². The van der Waals surface area contributed by atoms with E-state index in [0.717, 1.165) is 35.4 Å². The van der Waals surface area contributed by atoms with Gasteiger partial charge in [0.15, 0.2) is 5.78 Å². The molecule has 37 heavy (non-hydrogen) atoms. The van der Waals surface area contributed by atoms with E-state index in [-0.39, 0.29) is 29.5 Å². The Labute approximate surface area is 219 Å². The fourth-order valence-corrected chi connectivity index (χ4v) is 4.86. The van der Waals surface area contributed by atoms with Crippen molar-refractivity contribution in [3.63, 3.8) is 0 Å². The molecule has 0 saturated heterocycles. The third kappa shape index (κ3) is 5.29. The summed E-state index contributed by atoms with van der Waals surface area (Å²) in [7, 11) is 3.24. The van der Waals surface area contributed by atoms with E-state index in [9.17, 15) is 9.59 Å². The molecule has 0 atom stereocenters. The standard InChI is InChI=1S/C29H38N4O4/c1-7-37-25-13-18-15-33(27(30)20(18)14-21(25)28(35)31-5)16-24(34)17-11-22(29(2,3)4)26(36-6)23(12-17)32-19-9-8-10-19/h11-14,19,30,32H,7-10,15-16H2,1-6H3,(H,31,35). The molecule has 198 valence electrons. The molecule has 1 aliphatic carbocycles. The van der Waals surface area contributed by atoms with Crippen molar-refractivity contribution in [1.82, 2.24) is 10.2 Å². The van der Waals surface area contributed by atoms with Gasteiger partial charge in [-0.25, -0.2) is 0 Å². The first kappa shape index (κ1) is 26.5. The largest absolute Gasteiger partial charge is 0.494 e. The monoisotopic (exact) mass is 506 g/mol. The summed E-state index contributed by atoms with van der Waals surface area (Å²) in [6, 6.07) is 7.71. The number of carbonyl (C=O) groups excluding carboxylic acids is 2. The predicted octanol–water partition coefficient (Wildman–Crippen LogP) is 4.74. The highest BCUT2D eigenvalue weighted by molar-refractivity contribution is 6.08. The SMILES string of the molecule is CCOc1cc2c(cc1C(=O)NC)C(=N)N(CC(=O)c1cc(NC3CCC3)c(OC)c(C(C)(C)C)c1)C2. The second-order valence-corrected chi connectivity index (χ2v) is 10.8. The third-order valence-electron chi connectivity index (χ3n) is 7.13. The van der Waals surface area contributed by atoms with Crippen LogP contribution in [-0.4, -0.2) is 55.8 Å². The van der Waals surface area contributed by atoms with Crippen LogP contribution >= 0.6 is 0 Å². The van der Waals surface area contributed by atoms with Crippen LogP contribution in [0.15, 0.2) is 24.3 Å². The van der Waals surface area contributed by atoms with Gasteiger partial charge < -0.3 is 25.0 Å². The lowest BCUT2D eigenvalue weighted by Gasteiger charge is -2.31. The Morgan fingerprint density at radius 1 is 1.16 bits per heavy atom. The first-order valence-corrected chi connectivity index (χ1v) is 12.9. The highest BCUT2D eigenvalue weighted by Crippen LogP contribution is 2.40. The number of carbonyl (C=O) groups is 2. The number of methoxy groups -OCH3 is 1. The van der Waals surface area contributed by atoms with Crippen LogP contribution in [0.2, 0.25) is 0 Å². The fraction of sp³-hybridized carbons (Fsp3) is 0.483. The summed E-state index contributed by atoms with van der Waals surface area (Å²) in [4.78, 5) is 27.8. The fourth-order valence-electron chi connectivity index (χ4n) is 4.86. The molecule has 8 nitrogen and oxygen atoms in total. The minimum absolute atomic E-state index is 0.0611. The van der Waals surface area contributed by atoms with Gasteiger partial charge >= 0.3 is 0 Å². The van der Waals surface area contributed by atoms with E-state index < -0.39 is 0 Å². The number of amidine groups is 1. The zero-order chi connectivity index (χ0) is 26.9. The van der Waals surface area contributed by atoms with Gasteiger partial charge in [0.1, 0.15) is 17.3 Å². The van der Waals surface area contributed by atoms with E-state index in [0.29, 0.717) is 41.6 Å². The minimum atomic E-state index is -0.270. The van der Waals surface area contributed by atoms with Crippen molar-refractivity contribution in [3.8, 4) is 11.5 Å². The van der Waals surface area contributed by atoms with E-state index in [4.69, 9.17) is 14.9 Å². The van der Waals surface area contributed by atoms with Gasteiger partial charge in [0.2, 0.25) is 0 Å². The van der Waals surface area contributed by atoms with Crippen LogP contribution in [0.1, 0.15) is 84.4 Å².